The smallest absolute Gasteiger partial charge is 0.224 e. The van der Waals surface area contributed by atoms with Crippen LogP contribution >= 0.6 is 11.6 Å². The van der Waals surface area contributed by atoms with E-state index in [4.69, 9.17) is 17.3 Å². The maximum atomic E-state index is 12.0. The predicted octanol–water partition coefficient (Wildman–Crippen LogP) is 3.52. The molecule has 3 N–H and O–H groups in total. The minimum Gasteiger partial charge on any atom is -0.397 e. The zero-order valence-electron chi connectivity index (χ0n) is 12.6. The van der Waals surface area contributed by atoms with Crippen molar-refractivity contribution >= 4 is 28.9 Å². The van der Waals surface area contributed by atoms with Gasteiger partial charge in [-0.3, -0.25) is 4.79 Å². The van der Waals surface area contributed by atoms with Gasteiger partial charge >= 0.3 is 0 Å². The molecule has 1 aromatic rings. The van der Waals surface area contributed by atoms with Crippen LogP contribution in [-0.4, -0.2) is 29.9 Å². The van der Waals surface area contributed by atoms with E-state index in [9.17, 15) is 4.79 Å². The van der Waals surface area contributed by atoms with E-state index in [1.54, 1.807) is 18.2 Å². The summed E-state index contributed by atoms with van der Waals surface area (Å²) in [5.74, 6) is 0.0104. The van der Waals surface area contributed by atoms with E-state index < -0.39 is 0 Å². The van der Waals surface area contributed by atoms with Gasteiger partial charge in [0.1, 0.15) is 0 Å². The van der Waals surface area contributed by atoms with E-state index in [-0.39, 0.29) is 5.91 Å². The number of nitrogens with one attached hydrogen (secondary N) is 1. The Morgan fingerprint density at radius 3 is 2.81 bits per heavy atom. The molecule has 116 valence electrons. The van der Waals surface area contributed by atoms with Crippen LogP contribution in [0.15, 0.2) is 18.2 Å². The molecule has 0 spiro atoms. The SMILES string of the molecule is CCCN(CCCC(=O)Nc1ccc(Cl)cc1N)C1CC1. The van der Waals surface area contributed by atoms with Crippen molar-refractivity contribution < 1.29 is 4.79 Å². The lowest BCUT2D eigenvalue weighted by molar-refractivity contribution is -0.116. The number of amides is 1. The molecule has 1 amide bonds. The van der Waals surface area contributed by atoms with Gasteiger partial charge in [0.05, 0.1) is 11.4 Å². The molecule has 2 rings (SSSR count). The molecule has 1 saturated carbocycles. The number of hydrogen-bond acceptors (Lipinski definition) is 3. The van der Waals surface area contributed by atoms with Crippen LogP contribution in [0.3, 0.4) is 0 Å². The summed E-state index contributed by atoms with van der Waals surface area (Å²) < 4.78 is 0. The van der Waals surface area contributed by atoms with Gasteiger partial charge in [0, 0.05) is 17.5 Å². The summed E-state index contributed by atoms with van der Waals surface area (Å²) in [6, 6.07) is 5.87. The molecule has 0 bridgehead atoms. The first-order valence-electron chi connectivity index (χ1n) is 7.69. The van der Waals surface area contributed by atoms with Crippen LogP contribution in [-0.2, 0) is 4.79 Å². The second kappa shape index (κ2) is 7.66. The maximum Gasteiger partial charge on any atom is 0.224 e. The van der Waals surface area contributed by atoms with E-state index >= 15 is 0 Å². The fourth-order valence-electron chi connectivity index (χ4n) is 2.51. The van der Waals surface area contributed by atoms with Crippen LogP contribution in [0.5, 0.6) is 0 Å². The number of carbonyl (C=O) groups is 1. The number of nitrogen functional groups attached to an aromatic ring is 1. The maximum absolute atomic E-state index is 12.0. The molecule has 1 aliphatic carbocycles. The Kier molecular flexibility index (Phi) is 5.88. The third kappa shape index (κ3) is 5.21. The number of nitrogens with zero attached hydrogens (tertiary/aromatic N) is 1. The summed E-state index contributed by atoms with van der Waals surface area (Å²) in [6.07, 6.45) is 5.20. The Morgan fingerprint density at radius 2 is 2.19 bits per heavy atom. The number of nitrogens with two attached hydrogens (primary N) is 1. The second-order valence-electron chi connectivity index (χ2n) is 5.65. The molecule has 1 fully saturated rings. The Bertz CT molecular complexity index is 488. The van der Waals surface area contributed by atoms with Gasteiger partial charge in [-0.15, -0.1) is 0 Å². The number of anilines is 2. The highest BCUT2D eigenvalue weighted by Crippen LogP contribution is 2.27. The van der Waals surface area contributed by atoms with E-state index in [1.165, 1.54) is 19.3 Å². The average Bonchev–Trinajstić information content (AvgIpc) is 3.25. The van der Waals surface area contributed by atoms with Gasteiger partial charge in [0.25, 0.3) is 0 Å². The quantitative estimate of drug-likeness (QED) is 0.722. The molecular formula is C16H24ClN3O. The molecule has 0 saturated heterocycles. The van der Waals surface area contributed by atoms with Crippen molar-refractivity contribution in [1.82, 2.24) is 4.90 Å². The fourth-order valence-corrected chi connectivity index (χ4v) is 2.69. The van der Waals surface area contributed by atoms with Crippen molar-refractivity contribution in [3.8, 4) is 0 Å². The van der Waals surface area contributed by atoms with Gasteiger partial charge in [-0.2, -0.15) is 0 Å². The normalized spacial score (nSPS) is 14.4. The van der Waals surface area contributed by atoms with Crippen LogP contribution < -0.4 is 11.1 Å². The summed E-state index contributed by atoms with van der Waals surface area (Å²) in [6.45, 7) is 4.34. The summed E-state index contributed by atoms with van der Waals surface area (Å²) in [5, 5.41) is 3.42. The summed E-state index contributed by atoms with van der Waals surface area (Å²) in [4.78, 5) is 14.5. The second-order valence-corrected chi connectivity index (χ2v) is 6.09. The van der Waals surface area contributed by atoms with Gasteiger partial charge in [-0.25, -0.2) is 0 Å². The van der Waals surface area contributed by atoms with Crippen LogP contribution in [0, 0.1) is 0 Å². The molecule has 5 heteroatoms. The average molecular weight is 310 g/mol. The van der Waals surface area contributed by atoms with Crippen molar-refractivity contribution in [3.63, 3.8) is 0 Å². The van der Waals surface area contributed by atoms with E-state index in [1.807, 2.05) is 0 Å². The van der Waals surface area contributed by atoms with Crippen molar-refractivity contribution in [2.75, 3.05) is 24.1 Å². The third-order valence-electron chi connectivity index (χ3n) is 3.71. The third-order valence-corrected chi connectivity index (χ3v) is 3.95. The van der Waals surface area contributed by atoms with Crippen LogP contribution in [0.2, 0.25) is 5.02 Å². The van der Waals surface area contributed by atoms with Gasteiger partial charge in [-0.05, 0) is 57.0 Å². The lowest BCUT2D eigenvalue weighted by Gasteiger charge is -2.20. The van der Waals surface area contributed by atoms with Crippen LogP contribution in [0.1, 0.15) is 39.0 Å². The number of rotatable bonds is 8. The molecule has 21 heavy (non-hydrogen) atoms. The number of halogens is 1. The number of benzene rings is 1. The minimum absolute atomic E-state index is 0.0104. The number of hydrogen-bond donors (Lipinski definition) is 2. The predicted molar refractivity (Wildman–Crippen MR) is 88.6 cm³/mol. The van der Waals surface area contributed by atoms with Crippen molar-refractivity contribution in [2.45, 2.75) is 45.1 Å². The Morgan fingerprint density at radius 1 is 1.43 bits per heavy atom. The van der Waals surface area contributed by atoms with Gasteiger partial charge < -0.3 is 16.0 Å². The highest BCUT2D eigenvalue weighted by atomic mass is 35.5. The first kappa shape index (κ1) is 16.1. The monoisotopic (exact) mass is 309 g/mol. The number of carbonyl (C=O) groups excluding carboxylic acids is 1. The molecule has 0 aromatic heterocycles. The molecular weight excluding hydrogens is 286 g/mol. The Balaban J connectivity index is 1.74. The van der Waals surface area contributed by atoms with Crippen molar-refractivity contribution in [3.05, 3.63) is 23.2 Å². The van der Waals surface area contributed by atoms with E-state index in [0.717, 1.165) is 25.6 Å². The first-order valence-corrected chi connectivity index (χ1v) is 8.07. The largest absolute Gasteiger partial charge is 0.397 e. The molecule has 0 atom stereocenters. The van der Waals surface area contributed by atoms with Gasteiger partial charge in [0.2, 0.25) is 5.91 Å². The molecule has 1 aromatic carbocycles. The molecule has 0 unspecified atom stereocenters. The van der Waals surface area contributed by atoms with Crippen molar-refractivity contribution in [2.24, 2.45) is 0 Å². The standard InChI is InChI=1S/C16H24ClN3O/c1-2-9-20(13-6-7-13)10-3-4-16(21)19-15-8-5-12(17)11-14(15)18/h5,8,11,13H,2-4,6-7,9-10,18H2,1H3,(H,19,21). The van der Waals surface area contributed by atoms with Gasteiger partial charge in [0.15, 0.2) is 0 Å². The van der Waals surface area contributed by atoms with E-state index in [2.05, 4.69) is 17.1 Å². The highest BCUT2D eigenvalue weighted by Gasteiger charge is 2.27. The van der Waals surface area contributed by atoms with E-state index in [0.29, 0.717) is 22.8 Å². The Hall–Kier alpha value is -1.26. The zero-order valence-corrected chi connectivity index (χ0v) is 13.3. The molecule has 1 aliphatic rings. The zero-order chi connectivity index (χ0) is 15.2. The first-order chi connectivity index (χ1) is 10.1. The lowest BCUT2D eigenvalue weighted by Crippen LogP contribution is -2.28. The topological polar surface area (TPSA) is 58.4 Å². The molecule has 0 heterocycles. The summed E-state index contributed by atoms with van der Waals surface area (Å²) in [5.41, 5.74) is 6.96. The molecule has 0 aliphatic heterocycles. The summed E-state index contributed by atoms with van der Waals surface area (Å²) in [7, 11) is 0. The van der Waals surface area contributed by atoms with Crippen LogP contribution in [0.4, 0.5) is 11.4 Å². The van der Waals surface area contributed by atoms with Gasteiger partial charge in [-0.1, -0.05) is 18.5 Å². The summed E-state index contributed by atoms with van der Waals surface area (Å²) >= 11 is 5.84. The highest BCUT2D eigenvalue weighted by molar-refractivity contribution is 6.31. The fraction of sp³-hybridized carbons (Fsp3) is 0.562. The molecule has 4 nitrogen and oxygen atoms in total. The lowest BCUT2D eigenvalue weighted by atomic mass is 10.2. The Labute approximate surface area is 131 Å². The van der Waals surface area contributed by atoms with Crippen LogP contribution in [0.25, 0.3) is 0 Å². The minimum atomic E-state index is 0.0104. The molecule has 0 radical (unpaired) electrons. The van der Waals surface area contributed by atoms with Crippen molar-refractivity contribution in [1.29, 1.82) is 0 Å².